The summed E-state index contributed by atoms with van der Waals surface area (Å²) >= 11 is 0. The van der Waals surface area contributed by atoms with Crippen molar-refractivity contribution in [2.45, 2.75) is 13.0 Å². The van der Waals surface area contributed by atoms with Gasteiger partial charge in [-0.1, -0.05) is 0 Å². The number of fused-ring (bicyclic) bond motifs is 2. The molecule has 34 heavy (non-hydrogen) atoms. The summed E-state index contributed by atoms with van der Waals surface area (Å²) in [6.07, 6.45) is 6.75. The van der Waals surface area contributed by atoms with E-state index in [0.717, 1.165) is 0 Å². The van der Waals surface area contributed by atoms with Crippen LogP contribution >= 0.6 is 0 Å². The van der Waals surface area contributed by atoms with Crippen molar-refractivity contribution in [1.82, 2.24) is 35.2 Å². The number of carbonyl (C=O) groups excluding carboxylic acids is 1. The van der Waals surface area contributed by atoms with Gasteiger partial charge in [-0.3, -0.25) is 4.79 Å². The van der Waals surface area contributed by atoms with Gasteiger partial charge in [0.2, 0.25) is 5.88 Å². The van der Waals surface area contributed by atoms with Crippen molar-refractivity contribution in [2.24, 2.45) is 0 Å². The van der Waals surface area contributed by atoms with E-state index in [1.54, 1.807) is 24.7 Å². The van der Waals surface area contributed by atoms with Crippen LogP contribution in [0.25, 0.3) is 22.2 Å². The molecule has 1 aromatic carbocycles. The Balaban J connectivity index is 1.23. The van der Waals surface area contributed by atoms with E-state index in [-0.39, 0.29) is 18.1 Å². The minimum Gasteiger partial charge on any atom is -0.480 e. The number of hydrogen-bond acceptors (Lipinski definition) is 10. The van der Waals surface area contributed by atoms with Gasteiger partial charge in [0.25, 0.3) is 11.8 Å². The topological polar surface area (TPSA) is 137 Å². The zero-order chi connectivity index (χ0) is 23.5. The predicted octanol–water partition coefficient (Wildman–Crippen LogP) is 1.69. The molecule has 0 saturated heterocycles. The maximum atomic E-state index is 14.7. The molecule has 0 saturated carbocycles. The molecule has 1 amide bonds. The summed E-state index contributed by atoms with van der Waals surface area (Å²) in [6.45, 7) is 0.953. The smallest absolute Gasteiger partial charge is 0.263 e. The van der Waals surface area contributed by atoms with E-state index in [1.807, 2.05) is 0 Å². The number of nitrogens with one attached hydrogen (secondary N) is 2. The highest BCUT2D eigenvalue weighted by atomic mass is 19.1. The molecular weight excluding hydrogens is 443 g/mol. The molecule has 0 aliphatic carbocycles. The molecule has 4 heterocycles. The first-order valence-corrected chi connectivity index (χ1v) is 10.4. The molecule has 11 nitrogen and oxygen atoms in total. The fourth-order valence-corrected chi connectivity index (χ4v) is 3.43. The minimum absolute atomic E-state index is 0.0627. The van der Waals surface area contributed by atoms with Crippen LogP contribution in [0.4, 0.5) is 10.2 Å². The molecule has 2 N–H and O–H groups in total. The highest BCUT2D eigenvalue weighted by Gasteiger charge is 2.19. The van der Waals surface area contributed by atoms with Crippen LogP contribution < -0.4 is 20.1 Å². The fraction of sp³-hybridized carbons (Fsp3) is 0.227. The molecule has 5 rings (SSSR count). The number of hydrogen-bond donors (Lipinski definition) is 2. The Bertz CT molecular complexity index is 1370. The van der Waals surface area contributed by atoms with Crippen LogP contribution in [0.15, 0.2) is 36.9 Å². The van der Waals surface area contributed by atoms with Gasteiger partial charge in [-0.15, -0.1) is 0 Å². The zero-order valence-corrected chi connectivity index (χ0v) is 18.1. The fourth-order valence-electron chi connectivity index (χ4n) is 3.43. The molecule has 172 valence electrons. The lowest BCUT2D eigenvalue weighted by Crippen LogP contribution is -2.27. The molecule has 12 heteroatoms. The first-order valence-electron chi connectivity index (χ1n) is 10.4. The maximum absolute atomic E-state index is 14.7. The molecular formula is C22H19FN8O3. The molecule has 0 radical (unpaired) electrons. The van der Waals surface area contributed by atoms with Crippen LogP contribution in [0.2, 0.25) is 0 Å². The van der Waals surface area contributed by atoms with Crippen LogP contribution in [0.3, 0.4) is 0 Å². The van der Waals surface area contributed by atoms with Gasteiger partial charge < -0.3 is 20.1 Å². The molecule has 1 aliphatic rings. The first-order chi connectivity index (χ1) is 16.6. The Hall–Kier alpha value is -4.32. The summed E-state index contributed by atoms with van der Waals surface area (Å²) in [5.74, 6) is 0.809. The van der Waals surface area contributed by atoms with Gasteiger partial charge in [-0.2, -0.15) is 0 Å². The van der Waals surface area contributed by atoms with Crippen molar-refractivity contribution in [2.75, 3.05) is 25.6 Å². The van der Waals surface area contributed by atoms with E-state index >= 15 is 0 Å². The van der Waals surface area contributed by atoms with Crippen molar-refractivity contribution in [3.63, 3.8) is 0 Å². The Morgan fingerprint density at radius 2 is 1.97 bits per heavy atom. The maximum Gasteiger partial charge on any atom is 0.263 e. The number of methoxy groups -OCH3 is 1. The van der Waals surface area contributed by atoms with Crippen molar-refractivity contribution >= 4 is 22.8 Å². The number of anilines is 1. The number of rotatable bonds is 7. The zero-order valence-electron chi connectivity index (χ0n) is 18.1. The van der Waals surface area contributed by atoms with Crippen LogP contribution in [-0.2, 0) is 17.8 Å². The second kappa shape index (κ2) is 9.27. The Morgan fingerprint density at radius 1 is 1.12 bits per heavy atom. The van der Waals surface area contributed by atoms with E-state index in [9.17, 15) is 9.18 Å². The van der Waals surface area contributed by atoms with E-state index in [1.165, 1.54) is 19.4 Å². The minimum atomic E-state index is -0.444. The summed E-state index contributed by atoms with van der Waals surface area (Å²) in [4.78, 5) is 37.2. The molecule has 0 spiro atoms. The van der Waals surface area contributed by atoms with E-state index < -0.39 is 5.82 Å². The summed E-state index contributed by atoms with van der Waals surface area (Å²) in [5.41, 5.74) is 2.35. The predicted molar refractivity (Wildman–Crippen MR) is 119 cm³/mol. The van der Waals surface area contributed by atoms with Crippen molar-refractivity contribution < 1.29 is 18.7 Å². The Kier molecular flexibility index (Phi) is 5.87. The molecule has 1 aliphatic heterocycles. The van der Waals surface area contributed by atoms with Crippen LogP contribution in [-0.4, -0.2) is 56.1 Å². The monoisotopic (exact) mass is 462 g/mol. The lowest BCUT2D eigenvalue weighted by molar-refractivity contribution is -0.118. The average molecular weight is 462 g/mol. The van der Waals surface area contributed by atoms with Crippen LogP contribution in [0, 0.1) is 5.82 Å². The Morgan fingerprint density at radius 3 is 2.79 bits per heavy atom. The quantitative estimate of drug-likeness (QED) is 0.390. The summed E-state index contributed by atoms with van der Waals surface area (Å²) in [7, 11) is 1.48. The number of ether oxygens (including phenoxy) is 2. The van der Waals surface area contributed by atoms with Gasteiger partial charge in [0.05, 0.1) is 30.7 Å². The summed E-state index contributed by atoms with van der Waals surface area (Å²) in [6, 6.07) is 2.91. The molecule has 0 unspecified atom stereocenters. The number of nitrogens with zero attached hydrogens (tertiary/aromatic N) is 6. The van der Waals surface area contributed by atoms with Gasteiger partial charge in [-0.05, 0) is 12.1 Å². The molecule has 0 atom stereocenters. The van der Waals surface area contributed by atoms with E-state index in [2.05, 4.69) is 40.5 Å². The Labute approximate surface area is 192 Å². The van der Waals surface area contributed by atoms with Crippen molar-refractivity contribution in [3.8, 4) is 22.9 Å². The lowest BCUT2D eigenvalue weighted by atomic mass is 10.1. The van der Waals surface area contributed by atoms with E-state index in [0.29, 0.717) is 65.2 Å². The third-order valence-corrected chi connectivity index (χ3v) is 5.06. The number of halogens is 1. The van der Waals surface area contributed by atoms with Crippen LogP contribution in [0.1, 0.15) is 11.5 Å². The van der Waals surface area contributed by atoms with Gasteiger partial charge in [0.15, 0.2) is 12.4 Å². The number of carbonyl (C=O) groups is 1. The second-order valence-corrected chi connectivity index (χ2v) is 7.37. The van der Waals surface area contributed by atoms with Crippen molar-refractivity contribution in [3.05, 3.63) is 54.3 Å². The van der Waals surface area contributed by atoms with Gasteiger partial charge in [0.1, 0.15) is 17.2 Å². The number of amides is 1. The van der Waals surface area contributed by atoms with Gasteiger partial charge in [0, 0.05) is 43.0 Å². The average Bonchev–Trinajstić information content (AvgIpc) is 2.86. The standard InChI is InChI=1S/C22H19FN8O3/c1-33-18-10-25-15-3-2-14(23)19(20(15)31-18)12-6-26-16(27-7-12)4-5-24-8-13-9-28-22-21(29-13)30-17(32)11-34-22/h2-3,6-7,9-10,24H,4-5,8,11H2,1H3,(H,29,30,32). The SMILES string of the molecule is COc1cnc2ccc(F)c(-c3cnc(CCNCc4cnc5c(n4)NC(=O)CO5)nc3)c2n1. The normalized spacial score (nSPS) is 12.7. The van der Waals surface area contributed by atoms with Gasteiger partial charge in [-0.25, -0.2) is 34.3 Å². The third kappa shape index (κ3) is 4.43. The van der Waals surface area contributed by atoms with Gasteiger partial charge >= 0.3 is 0 Å². The largest absolute Gasteiger partial charge is 0.480 e. The third-order valence-electron chi connectivity index (χ3n) is 5.06. The molecule has 4 aromatic rings. The lowest BCUT2D eigenvalue weighted by Gasteiger charge is -2.16. The first kappa shape index (κ1) is 21.5. The summed E-state index contributed by atoms with van der Waals surface area (Å²) < 4.78 is 25.0. The second-order valence-electron chi connectivity index (χ2n) is 7.37. The molecule has 3 aromatic heterocycles. The number of benzene rings is 1. The van der Waals surface area contributed by atoms with Crippen molar-refractivity contribution in [1.29, 1.82) is 0 Å². The highest BCUT2D eigenvalue weighted by molar-refractivity contribution is 5.93. The molecule has 0 bridgehead atoms. The number of aromatic nitrogens is 6. The molecule has 0 fully saturated rings. The van der Waals surface area contributed by atoms with Crippen LogP contribution in [0.5, 0.6) is 11.8 Å². The summed E-state index contributed by atoms with van der Waals surface area (Å²) in [5, 5.41) is 5.86. The van der Waals surface area contributed by atoms with E-state index in [4.69, 9.17) is 9.47 Å². The highest BCUT2D eigenvalue weighted by Crippen LogP contribution is 2.29.